The molecule has 0 amide bonds. The van der Waals surface area contributed by atoms with E-state index >= 15 is 0 Å². The van der Waals surface area contributed by atoms with E-state index < -0.39 is 16.0 Å². The second-order valence-corrected chi connectivity index (χ2v) is 10.4. The van der Waals surface area contributed by atoms with Gasteiger partial charge < -0.3 is 5.11 Å². The lowest BCUT2D eigenvalue weighted by atomic mass is 10.1. The minimum atomic E-state index is -3.71. The van der Waals surface area contributed by atoms with Crippen LogP contribution in [-0.2, 0) is 23.0 Å². The zero-order valence-corrected chi connectivity index (χ0v) is 17.9. The van der Waals surface area contributed by atoms with Gasteiger partial charge in [0.15, 0.2) is 0 Å². The van der Waals surface area contributed by atoms with Gasteiger partial charge in [0.25, 0.3) is 10.0 Å². The molecule has 0 saturated heterocycles. The van der Waals surface area contributed by atoms with Crippen molar-refractivity contribution in [2.75, 3.05) is 6.54 Å². The number of benzene rings is 2. The molecule has 0 aliphatic rings. The van der Waals surface area contributed by atoms with Crippen LogP contribution in [0, 0.1) is 0 Å². The Morgan fingerprint density at radius 1 is 0.966 bits per heavy atom. The van der Waals surface area contributed by atoms with Gasteiger partial charge in [0.1, 0.15) is 4.21 Å². The topological polar surface area (TPSA) is 74.7 Å². The lowest BCUT2D eigenvalue weighted by molar-refractivity contribution is 0.0697. The van der Waals surface area contributed by atoms with Crippen LogP contribution in [0.1, 0.15) is 27.9 Å². The summed E-state index contributed by atoms with van der Waals surface area (Å²) < 4.78 is 28.3. The normalized spacial score (nSPS) is 11.7. The monoisotopic (exact) mass is 449 g/mol. The largest absolute Gasteiger partial charge is 0.478 e. The minimum absolute atomic E-state index is 0.159. The van der Waals surface area contributed by atoms with Crippen LogP contribution < -0.4 is 0 Å². The molecule has 0 radical (unpaired) electrons. The van der Waals surface area contributed by atoms with Crippen molar-refractivity contribution in [3.8, 4) is 0 Å². The average Bonchev–Trinajstić information content (AvgIpc) is 3.15. The number of sulfonamides is 1. The first-order chi connectivity index (χ1) is 13.9. The molecule has 1 heterocycles. The number of hydrogen-bond acceptors (Lipinski definition) is 4. The van der Waals surface area contributed by atoms with E-state index in [4.69, 9.17) is 16.7 Å². The van der Waals surface area contributed by atoms with Crippen molar-refractivity contribution in [3.05, 3.63) is 87.8 Å². The van der Waals surface area contributed by atoms with Crippen LogP contribution in [0.4, 0.5) is 0 Å². The predicted molar refractivity (Wildman–Crippen MR) is 115 cm³/mol. The van der Waals surface area contributed by atoms with Crippen molar-refractivity contribution in [1.29, 1.82) is 0 Å². The number of rotatable bonds is 9. The average molecular weight is 450 g/mol. The highest BCUT2D eigenvalue weighted by Crippen LogP contribution is 2.29. The summed E-state index contributed by atoms with van der Waals surface area (Å²) in [6.45, 7) is 0.500. The van der Waals surface area contributed by atoms with Gasteiger partial charge in [0.2, 0.25) is 0 Å². The molecule has 0 saturated carbocycles. The summed E-state index contributed by atoms with van der Waals surface area (Å²) in [4.78, 5) is 11.0. The number of aromatic carboxylic acids is 1. The molecule has 2 aromatic carbocycles. The van der Waals surface area contributed by atoms with E-state index in [1.165, 1.54) is 22.5 Å². The van der Waals surface area contributed by atoms with Crippen LogP contribution in [-0.4, -0.2) is 30.3 Å². The van der Waals surface area contributed by atoms with E-state index in [1.807, 2.05) is 30.3 Å². The molecule has 152 valence electrons. The number of nitrogens with zero attached hydrogens (tertiary/aromatic N) is 1. The van der Waals surface area contributed by atoms with Crippen molar-refractivity contribution in [3.63, 3.8) is 0 Å². The van der Waals surface area contributed by atoms with Gasteiger partial charge in [-0.2, -0.15) is 4.31 Å². The fourth-order valence-corrected chi connectivity index (χ4v) is 6.01. The molecule has 1 aromatic heterocycles. The predicted octanol–water partition coefficient (Wildman–Crippen LogP) is 4.92. The van der Waals surface area contributed by atoms with Crippen molar-refractivity contribution in [1.82, 2.24) is 4.31 Å². The Hall–Kier alpha value is -2.19. The van der Waals surface area contributed by atoms with Crippen LogP contribution in [0.25, 0.3) is 0 Å². The summed E-state index contributed by atoms with van der Waals surface area (Å²) in [5.41, 5.74) is 2.04. The van der Waals surface area contributed by atoms with E-state index in [0.29, 0.717) is 17.3 Å². The third-order valence-corrected chi connectivity index (χ3v) is 7.96. The maximum absolute atomic E-state index is 13.2. The van der Waals surface area contributed by atoms with E-state index in [1.54, 1.807) is 18.2 Å². The first kappa shape index (κ1) is 21.5. The van der Waals surface area contributed by atoms with E-state index in [-0.39, 0.29) is 16.3 Å². The number of carboxylic acid groups (broad SMARTS) is 1. The summed E-state index contributed by atoms with van der Waals surface area (Å²) in [5, 5.41) is 9.04. The summed E-state index contributed by atoms with van der Waals surface area (Å²) in [6.07, 6.45) is 1.42. The number of carbonyl (C=O) groups is 1. The molecule has 29 heavy (non-hydrogen) atoms. The van der Waals surface area contributed by atoms with Crippen LogP contribution in [0.2, 0.25) is 4.34 Å². The molecule has 0 aliphatic heterocycles. The molecule has 3 rings (SSSR count). The van der Waals surface area contributed by atoms with Gasteiger partial charge in [0.05, 0.1) is 9.90 Å². The number of halogens is 1. The summed E-state index contributed by atoms with van der Waals surface area (Å²) in [6, 6.07) is 19.2. The van der Waals surface area contributed by atoms with Gasteiger partial charge >= 0.3 is 5.97 Å². The van der Waals surface area contributed by atoms with Gasteiger partial charge in [-0.1, -0.05) is 54.1 Å². The molecule has 3 aromatic rings. The number of aryl methyl sites for hydroxylation is 1. The lowest BCUT2D eigenvalue weighted by Crippen LogP contribution is -2.31. The van der Waals surface area contributed by atoms with Crippen LogP contribution in [0.5, 0.6) is 0 Å². The fraction of sp³-hybridized carbons (Fsp3) is 0.190. The Balaban J connectivity index is 1.79. The molecule has 0 spiro atoms. The number of thiophene rings is 1. The van der Waals surface area contributed by atoms with Crippen molar-refractivity contribution >= 4 is 38.9 Å². The Kier molecular flexibility index (Phi) is 7.08. The molecule has 1 N–H and O–H groups in total. The Morgan fingerprint density at radius 3 is 2.24 bits per heavy atom. The van der Waals surface area contributed by atoms with Gasteiger partial charge in [0, 0.05) is 13.1 Å². The van der Waals surface area contributed by atoms with E-state index in [9.17, 15) is 13.2 Å². The van der Waals surface area contributed by atoms with Gasteiger partial charge in [-0.15, -0.1) is 11.3 Å². The molecule has 0 fully saturated rings. The van der Waals surface area contributed by atoms with Crippen molar-refractivity contribution in [2.45, 2.75) is 23.6 Å². The molecule has 5 nitrogen and oxygen atoms in total. The number of hydrogen-bond donors (Lipinski definition) is 1. The minimum Gasteiger partial charge on any atom is -0.478 e. The first-order valence-corrected chi connectivity index (χ1v) is 11.6. The van der Waals surface area contributed by atoms with Crippen LogP contribution in [0.15, 0.2) is 70.9 Å². The van der Waals surface area contributed by atoms with E-state index in [2.05, 4.69) is 0 Å². The molecule has 0 atom stereocenters. The zero-order valence-electron chi connectivity index (χ0n) is 15.5. The summed E-state index contributed by atoms with van der Waals surface area (Å²) in [5.74, 6) is -1.02. The highest BCUT2D eigenvalue weighted by molar-refractivity contribution is 7.91. The zero-order chi connectivity index (χ0) is 20.9. The molecule has 0 unspecified atom stereocenters. The van der Waals surface area contributed by atoms with Crippen molar-refractivity contribution < 1.29 is 18.3 Å². The third-order valence-electron chi connectivity index (χ3n) is 4.42. The molecule has 0 bridgehead atoms. The molecular formula is C21H20ClNO4S2. The first-order valence-electron chi connectivity index (χ1n) is 8.98. The maximum Gasteiger partial charge on any atom is 0.335 e. The quantitative estimate of drug-likeness (QED) is 0.503. The maximum atomic E-state index is 13.2. The standard InChI is InChI=1S/C21H20ClNO4S2/c22-19-12-13-20(28-19)29(26,27)23(14-4-7-16-5-2-1-3-6-16)15-17-8-10-18(11-9-17)21(24)25/h1-3,5-6,8-13H,4,7,14-15H2,(H,24,25). The Bertz CT molecular complexity index is 1060. The third kappa shape index (κ3) is 5.67. The highest BCUT2D eigenvalue weighted by Gasteiger charge is 2.26. The van der Waals surface area contributed by atoms with Crippen molar-refractivity contribution in [2.24, 2.45) is 0 Å². The molecule has 0 aliphatic carbocycles. The fourth-order valence-electron chi connectivity index (χ4n) is 2.91. The van der Waals surface area contributed by atoms with Gasteiger partial charge in [-0.05, 0) is 48.2 Å². The smallest absolute Gasteiger partial charge is 0.335 e. The van der Waals surface area contributed by atoms with Gasteiger partial charge in [-0.25, -0.2) is 13.2 Å². The van der Waals surface area contributed by atoms with Gasteiger partial charge in [-0.3, -0.25) is 0 Å². The summed E-state index contributed by atoms with van der Waals surface area (Å²) >= 11 is 6.97. The molecular weight excluding hydrogens is 430 g/mol. The highest BCUT2D eigenvalue weighted by atomic mass is 35.5. The Morgan fingerprint density at radius 2 is 1.66 bits per heavy atom. The Labute approximate surface area is 179 Å². The molecule has 8 heteroatoms. The number of carboxylic acids is 1. The lowest BCUT2D eigenvalue weighted by Gasteiger charge is -2.21. The van der Waals surface area contributed by atoms with Crippen LogP contribution in [0.3, 0.4) is 0 Å². The van der Waals surface area contributed by atoms with E-state index in [0.717, 1.165) is 28.9 Å². The SMILES string of the molecule is O=C(O)c1ccc(CN(CCCc2ccccc2)S(=O)(=O)c2ccc(Cl)s2)cc1. The van der Waals surface area contributed by atoms with Crippen LogP contribution >= 0.6 is 22.9 Å². The second kappa shape index (κ2) is 9.54. The second-order valence-electron chi connectivity index (χ2n) is 6.49. The summed E-state index contributed by atoms with van der Waals surface area (Å²) in [7, 11) is -3.71.